The number of sulfonamides is 1. The van der Waals surface area contributed by atoms with Crippen molar-refractivity contribution in [1.82, 2.24) is 0 Å². The van der Waals surface area contributed by atoms with Crippen LogP contribution in [-0.2, 0) is 16.4 Å². The maximum absolute atomic E-state index is 12.1. The minimum Gasteiger partial charge on any atom is -0.385 e. The normalized spacial score (nSPS) is 15.3. The van der Waals surface area contributed by atoms with Crippen LogP contribution in [0.5, 0.6) is 0 Å². The maximum atomic E-state index is 12.1. The number of nitrogens with one attached hydrogen (secondary N) is 2. The van der Waals surface area contributed by atoms with E-state index in [2.05, 4.69) is 10.0 Å². The number of rotatable bonds is 4. The van der Waals surface area contributed by atoms with Crippen LogP contribution in [0.3, 0.4) is 0 Å². The SMILES string of the molecule is CC(C)(C)CCS(=O)(=O)Nc1ccc2c(c1)CCCN2. The summed E-state index contributed by atoms with van der Waals surface area (Å²) in [5.41, 5.74) is 3.00. The molecule has 0 bridgehead atoms. The third-order valence-electron chi connectivity index (χ3n) is 3.44. The Bertz CT molecular complexity index is 574. The van der Waals surface area contributed by atoms with E-state index >= 15 is 0 Å². The van der Waals surface area contributed by atoms with Crippen molar-refractivity contribution < 1.29 is 8.42 Å². The smallest absolute Gasteiger partial charge is 0.232 e. The average molecular weight is 296 g/mol. The summed E-state index contributed by atoms with van der Waals surface area (Å²) >= 11 is 0. The predicted molar refractivity (Wildman–Crippen MR) is 84.7 cm³/mol. The van der Waals surface area contributed by atoms with Gasteiger partial charge in [-0.1, -0.05) is 20.8 Å². The highest BCUT2D eigenvalue weighted by atomic mass is 32.2. The fourth-order valence-corrected chi connectivity index (χ4v) is 3.68. The Balaban J connectivity index is 2.05. The molecule has 4 nitrogen and oxygen atoms in total. The highest BCUT2D eigenvalue weighted by molar-refractivity contribution is 7.92. The zero-order valence-corrected chi connectivity index (χ0v) is 13.3. The summed E-state index contributed by atoms with van der Waals surface area (Å²) in [6.45, 7) is 7.14. The summed E-state index contributed by atoms with van der Waals surface area (Å²) in [6, 6.07) is 5.72. The minimum absolute atomic E-state index is 0.0223. The molecule has 1 aromatic carbocycles. The van der Waals surface area contributed by atoms with Crippen LogP contribution in [0, 0.1) is 5.41 Å². The van der Waals surface area contributed by atoms with Crippen molar-refractivity contribution in [2.45, 2.75) is 40.0 Å². The molecule has 0 radical (unpaired) electrons. The lowest BCUT2D eigenvalue weighted by Crippen LogP contribution is -2.21. The Morgan fingerprint density at radius 3 is 2.75 bits per heavy atom. The van der Waals surface area contributed by atoms with E-state index in [1.807, 2.05) is 39.0 Å². The monoisotopic (exact) mass is 296 g/mol. The van der Waals surface area contributed by atoms with Crippen LogP contribution in [0.2, 0.25) is 0 Å². The Hall–Kier alpha value is -1.23. The van der Waals surface area contributed by atoms with Crippen molar-refractivity contribution in [2.24, 2.45) is 5.41 Å². The summed E-state index contributed by atoms with van der Waals surface area (Å²) in [5.74, 6) is 0.159. The van der Waals surface area contributed by atoms with Crippen LogP contribution in [0.25, 0.3) is 0 Å². The lowest BCUT2D eigenvalue weighted by molar-refractivity contribution is 0.397. The van der Waals surface area contributed by atoms with E-state index in [0.29, 0.717) is 12.1 Å². The molecule has 1 aliphatic heterocycles. The van der Waals surface area contributed by atoms with E-state index in [0.717, 1.165) is 25.1 Å². The highest BCUT2D eigenvalue weighted by Gasteiger charge is 2.18. The third-order valence-corrected chi connectivity index (χ3v) is 4.73. The molecule has 1 heterocycles. The van der Waals surface area contributed by atoms with Gasteiger partial charge in [-0.15, -0.1) is 0 Å². The summed E-state index contributed by atoms with van der Waals surface area (Å²) in [4.78, 5) is 0. The van der Waals surface area contributed by atoms with Gasteiger partial charge in [-0.25, -0.2) is 8.42 Å². The second-order valence-corrected chi connectivity index (χ2v) is 8.48. The number of hydrogen-bond donors (Lipinski definition) is 2. The molecule has 0 saturated carbocycles. The molecule has 0 amide bonds. The van der Waals surface area contributed by atoms with Gasteiger partial charge in [0.15, 0.2) is 0 Å². The lowest BCUT2D eigenvalue weighted by atomic mass is 9.94. The molecule has 0 saturated heterocycles. The van der Waals surface area contributed by atoms with Gasteiger partial charge in [0.25, 0.3) is 0 Å². The molecular weight excluding hydrogens is 272 g/mol. The van der Waals surface area contributed by atoms with Crippen LogP contribution in [0.4, 0.5) is 11.4 Å². The number of fused-ring (bicyclic) bond motifs is 1. The predicted octanol–water partition coefficient (Wildman–Crippen LogP) is 3.22. The molecule has 0 atom stereocenters. The van der Waals surface area contributed by atoms with Gasteiger partial charge in [0.1, 0.15) is 0 Å². The fourth-order valence-electron chi connectivity index (χ4n) is 2.21. The molecule has 0 spiro atoms. The summed E-state index contributed by atoms with van der Waals surface area (Å²) in [6.07, 6.45) is 2.74. The molecule has 1 aliphatic rings. The van der Waals surface area contributed by atoms with Crippen LogP contribution in [0.1, 0.15) is 39.2 Å². The molecule has 0 aromatic heterocycles. The van der Waals surface area contributed by atoms with E-state index in [1.165, 1.54) is 5.56 Å². The van der Waals surface area contributed by atoms with Crippen molar-refractivity contribution >= 4 is 21.4 Å². The van der Waals surface area contributed by atoms with Crippen molar-refractivity contribution in [2.75, 3.05) is 22.3 Å². The van der Waals surface area contributed by atoms with Gasteiger partial charge in [-0.3, -0.25) is 4.72 Å². The lowest BCUT2D eigenvalue weighted by Gasteiger charge is -2.20. The van der Waals surface area contributed by atoms with E-state index in [1.54, 1.807) is 0 Å². The summed E-state index contributed by atoms with van der Waals surface area (Å²) in [7, 11) is -3.26. The van der Waals surface area contributed by atoms with Gasteiger partial charge in [0, 0.05) is 17.9 Å². The average Bonchev–Trinajstić information content (AvgIpc) is 2.35. The van der Waals surface area contributed by atoms with Crippen LogP contribution in [-0.4, -0.2) is 20.7 Å². The molecule has 1 aromatic rings. The first-order valence-electron chi connectivity index (χ1n) is 7.12. The van der Waals surface area contributed by atoms with Crippen LogP contribution in [0.15, 0.2) is 18.2 Å². The van der Waals surface area contributed by atoms with Crippen molar-refractivity contribution in [3.63, 3.8) is 0 Å². The first-order valence-corrected chi connectivity index (χ1v) is 8.78. The molecule has 2 N–H and O–H groups in total. The van der Waals surface area contributed by atoms with Crippen molar-refractivity contribution in [3.05, 3.63) is 23.8 Å². The van der Waals surface area contributed by atoms with E-state index in [-0.39, 0.29) is 11.2 Å². The molecule has 0 aliphatic carbocycles. The van der Waals surface area contributed by atoms with E-state index < -0.39 is 10.0 Å². The zero-order chi connectivity index (χ0) is 14.8. The molecule has 20 heavy (non-hydrogen) atoms. The largest absolute Gasteiger partial charge is 0.385 e. The second kappa shape index (κ2) is 5.64. The van der Waals surface area contributed by atoms with Crippen LogP contribution >= 0.6 is 0 Å². The Labute approximate surface area is 122 Å². The Kier molecular flexibility index (Phi) is 4.28. The number of hydrogen-bond acceptors (Lipinski definition) is 3. The quantitative estimate of drug-likeness (QED) is 0.897. The Morgan fingerprint density at radius 1 is 1.30 bits per heavy atom. The van der Waals surface area contributed by atoms with Crippen molar-refractivity contribution in [3.8, 4) is 0 Å². The molecule has 0 unspecified atom stereocenters. The molecule has 112 valence electrons. The zero-order valence-electron chi connectivity index (χ0n) is 12.5. The first-order chi connectivity index (χ1) is 9.25. The topological polar surface area (TPSA) is 58.2 Å². The minimum atomic E-state index is -3.26. The van der Waals surface area contributed by atoms with Crippen LogP contribution < -0.4 is 10.0 Å². The maximum Gasteiger partial charge on any atom is 0.232 e. The molecular formula is C15H24N2O2S. The van der Waals surface area contributed by atoms with Gasteiger partial charge in [-0.2, -0.15) is 0 Å². The molecule has 5 heteroatoms. The summed E-state index contributed by atoms with van der Waals surface area (Å²) in [5, 5.41) is 3.32. The number of benzene rings is 1. The van der Waals surface area contributed by atoms with Gasteiger partial charge in [0.05, 0.1) is 5.75 Å². The molecule has 2 rings (SSSR count). The van der Waals surface area contributed by atoms with Gasteiger partial charge in [-0.05, 0) is 48.4 Å². The Morgan fingerprint density at radius 2 is 2.05 bits per heavy atom. The highest BCUT2D eigenvalue weighted by Crippen LogP contribution is 2.26. The van der Waals surface area contributed by atoms with Gasteiger partial charge < -0.3 is 5.32 Å². The third kappa shape index (κ3) is 4.40. The fraction of sp³-hybridized carbons (Fsp3) is 0.600. The van der Waals surface area contributed by atoms with E-state index in [4.69, 9.17) is 0 Å². The van der Waals surface area contributed by atoms with E-state index in [9.17, 15) is 8.42 Å². The number of aryl methyl sites for hydroxylation is 1. The van der Waals surface area contributed by atoms with Crippen molar-refractivity contribution in [1.29, 1.82) is 0 Å². The second-order valence-electron chi connectivity index (χ2n) is 6.63. The first kappa shape index (κ1) is 15.2. The summed E-state index contributed by atoms with van der Waals surface area (Å²) < 4.78 is 26.9. The standard InChI is InChI=1S/C15H24N2O2S/c1-15(2,3)8-10-20(18,19)17-13-6-7-14-12(11-13)5-4-9-16-14/h6-7,11,16-17H,4-5,8-10H2,1-3H3. The van der Waals surface area contributed by atoms with Gasteiger partial charge >= 0.3 is 0 Å². The van der Waals surface area contributed by atoms with Gasteiger partial charge in [0.2, 0.25) is 10.0 Å². The molecule has 0 fully saturated rings. The number of anilines is 2.